The second kappa shape index (κ2) is 6.08. The number of anilines is 1. The third-order valence-electron chi connectivity index (χ3n) is 2.66. The topological polar surface area (TPSA) is 55.1 Å². The van der Waals surface area contributed by atoms with Crippen LogP contribution in [0.15, 0.2) is 53.0 Å². The van der Waals surface area contributed by atoms with Crippen molar-refractivity contribution in [2.75, 3.05) is 5.32 Å². The van der Waals surface area contributed by atoms with E-state index in [4.69, 9.17) is 17.3 Å². The van der Waals surface area contributed by atoms with Gasteiger partial charge >= 0.3 is 0 Å². The smallest absolute Gasteiger partial charge is 0.244 e. The summed E-state index contributed by atoms with van der Waals surface area (Å²) >= 11 is 9.46. The number of carbonyl (C=O) groups is 1. The van der Waals surface area contributed by atoms with Crippen LogP contribution in [0.5, 0.6) is 0 Å². The number of benzene rings is 2. The molecule has 2 aromatic carbocycles. The number of primary amides is 1. The summed E-state index contributed by atoms with van der Waals surface area (Å²) in [6.07, 6.45) is 0. The Labute approximate surface area is 124 Å². The Hall–Kier alpha value is -1.52. The molecule has 0 fully saturated rings. The van der Waals surface area contributed by atoms with Gasteiger partial charge in [-0.25, -0.2) is 0 Å². The minimum Gasteiger partial charge on any atom is -0.370 e. The minimum absolute atomic E-state index is 0.476. The first-order chi connectivity index (χ1) is 9.08. The molecule has 1 atom stereocenters. The van der Waals surface area contributed by atoms with Crippen LogP contribution in [0.4, 0.5) is 5.69 Å². The van der Waals surface area contributed by atoms with E-state index in [0.717, 1.165) is 10.2 Å². The monoisotopic (exact) mass is 338 g/mol. The van der Waals surface area contributed by atoms with Gasteiger partial charge in [0.2, 0.25) is 5.91 Å². The Morgan fingerprint density at radius 2 is 1.79 bits per heavy atom. The molecule has 19 heavy (non-hydrogen) atoms. The van der Waals surface area contributed by atoms with E-state index in [0.29, 0.717) is 10.6 Å². The quantitative estimate of drug-likeness (QED) is 0.891. The van der Waals surface area contributed by atoms with E-state index < -0.39 is 11.9 Å². The van der Waals surface area contributed by atoms with Crippen LogP contribution in [-0.2, 0) is 4.79 Å². The highest BCUT2D eigenvalue weighted by Crippen LogP contribution is 2.26. The molecule has 0 saturated carbocycles. The molecule has 0 aliphatic carbocycles. The molecular formula is C14H12BrClN2O. The van der Waals surface area contributed by atoms with Crippen LogP contribution in [0, 0.1) is 0 Å². The third kappa shape index (κ3) is 3.49. The Balaban J connectivity index is 2.29. The maximum absolute atomic E-state index is 11.6. The van der Waals surface area contributed by atoms with E-state index in [1.165, 1.54) is 0 Å². The van der Waals surface area contributed by atoms with Gasteiger partial charge in [0.1, 0.15) is 6.04 Å². The molecule has 2 aromatic rings. The van der Waals surface area contributed by atoms with E-state index in [9.17, 15) is 4.79 Å². The first-order valence-corrected chi connectivity index (χ1v) is 6.81. The highest BCUT2D eigenvalue weighted by molar-refractivity contribution is 9.10. The summed E-state index contributed by atoms with van der Waals surface area (Å²) in [6.45, 7) is 0. The predicted molar refractivity (Wildman–Crippen MR) is 81.2 cm³/mol. The molecule has 0 heterocycles. The average Bonchev–Trinajstić information content (AvgIpc) is 2.39. The fraction of sp³-hybridized carbons (Fsp3) is 0.0714. The van der Waals surface area contributed by atoms with Crippen molar-refractivity contribution in [3.8, 4) is 0 Å². The van der Waals surface area contributed by atoms with Crippen molar-refractivity contribution in [1.29, 1.82) is 0 Å². The van der Waals surface area contributed by atoms with Crippen LogP contribution in [0.2, 0.25) is 5.02 Å². The summed E-state index contributed by atoms with van der Waals surface area (Å²) < 4.78 is 0.964. The highest BCUT2D eigenvalue weighted by atomic mass is 79.9. The number of amides is 1. The Morgan fingerprint density at radius 1 is 1.16 bits per heavy atom. The van der Waals surface area contributed by atoms with Crippen molar-refractivity contribution in [1.82, 2.24) is 0 Å². The largest absolute Gasteiger partial charge is 0.370 e. The maximum atomic E-state index is 11.6. The molecule has 0 radical (unpaired) electrons. The van der Waals surface area contributed by atoms with Gasteiger partial charge in [-0.1, -0.05) is 45.7 Å². The summed E-state index contributed by atoms with van der Waals surface area (Å²) in [5.74, 6) is -0.476. The van der Waals surface area contributed by atoms with Crippen molar-refractivity contribution in [3.05, 3.63) is 63.6 Å². The minimum atomic E-state index is -0.658. The van der Waals surface area contributed by atoms with Gasteiger partial charge in [-0.15, -0.1) is 0 Å². The standard InChI is InChI=1S/C14H12BrClN2O/c15-9-5-7-10(8-6-9)18-13(14(17)19)11-3-1-2-4-12(11)16/h1-8,13,18H,(H2,17,19). The first kappa shape index (κ1) is 13.9. The lowest BCUT2D eigenvalue weighted by atomic mass is 10.1. The molecule has 0 saturated heterocycles. The molecule has 0 bridgehead atoms. The van der Waals surface area contributed by atoms with Gasteiger partial charge in [0.15, 0.2) is 0 Å². The van der Waals surface area contributed by atoms with Crippen LogP contribution in [0.3, 0.4) is 0 Å². The van der Waals surface area contributed by atoms with Crippen molar-refractivity contribution >= 4 is 39.1 Å². The van der Waals surface area contributed by atoms with Crippen molar-refractivity contribution < 1.29 is 4.79 Å². The SMILES string of the molecule is NC(=O)C(Nc1ccc(Br)cc1)c1ccccc1Cl. The van der Waals surface area contributed by atoms with Gasteiger partial charge in [0.25, 0.3) is 0 Å². The lowest BCUT2D eigenvalue weighted by Crippen LogP contribution is -2.27. The molecule has 0 spiro atoms. The molecule has 1 unspecified atom stereocenters. The van der Waals surface area contributed by atoms with Gasteiger partial charge in [0, 0.05) is 20.7 Å². The number of nitrogens with two attached hydrogens (primary N) is 1. The van der Waals surface area contributed by atoms with Crippen LogP contribution in [0.25, 0.3) is 0 Å². The molecule has 3 nitrogen and oxygen atoms in total. The van der Waals surface area contributed by atoms with Crippen LogP contribution < -0.4 is 11.1 Å². The molecule has 2 rings (SSSR count). The second-order valence-corrected chi connectivity index (χ2v) is 5.33. The van der Waals surface area contributed by atoms with Gasteiger partial charge in [-0.05, 0) is 30.3 Å². The van der Waals surface area contributed by atoms with E-state index in [-0.39, 0.29) is 0 Å². The number of rotatable bonds is 4. The van der Waals surface area contributed by atoms with Gasteiger partial charge < -0.3 is 11.1 Å². The Kier molecular flexibility index (Phi) is 4.45. The summed E-state index contributed by atoms with van der Waals surface area (Å²) in [5, 5.41) is 3.59. The van der Waals surface area contributed by atoms with Crippen LogP contribution in [0.1, 0.15) is 11.6 Å². The molecule has 0 aliphatic heterocycles. The predicted octanol–water partition coefficient (Wildman–Crippen LogP) is 3.74. The van der Waals surface area contributed by atoms with E-state index >= 15 is 0 Å². The molecular weight excluding hydrogens is 328 g/mol. The Morgan fingerprint density at radius 3 is 2.37 bits per heavy atom. The van der Waals surface area contributed by atoms with Gasteiger partial charge in [-0.3, -0.25) is 4.79 Å². The molecule has 5 heteroatoms. The zero-order valence-corrected chi connectivity index (χ0v) is 12.3. The summed E-state index contributed by atoms with van der Waals surface area (Å²) in [7, 11) is 0. The lowest BCUT2D eigenvalue weighted by molar-refractivity contribution is -0.118. The molecule has 98 valence electrons. The van der Waals surface area contributed by atoms with Crippen LogP contribution in [-0.4, -0.2) is 5.91 Å². The average molecular weight is 340 g/mol. The van der Waals surface area contributed by atoms with Crippen LogP contribution >= 0.6 is 27.5 Å². The third-order valence-corrected chi connectivity index (χ3v) is 3.53. The second-order valence-electron chi connectivity index (χ2n) is 4.01. The van der Waals surface area contributed by atoms with Crippen molar-refractivity contribution in [3.63, 3.8) is 0 Å². The van der Waals surface area contributed by atoms with Gasteiger partial charge in [0.05, 0.1) is 0 Å². The zero-order valence-electron chi connectivity index (χ0n) is 9.94. The summed E-state index contributed by atoms with van der Waals surface area (Å²) in [5.41, 5.74) is 6.91. The number of carbonyl (C=O) groups excluding carboxylic acids is 1. The van der Waals surface area contributed by atoms with E-state index in [1.54, 1.807) is 12.1 Å². The molecule has 0 aromatic heterocycles. The number of hydrogen-bond acceptors (Lipinski definition) is 2. The lowest BCUT2D eigenvalue weighted by Gasteiger charge is -2.18. The molecule has 3 N–H and O–H groups in total. The summed E-state index contributed by atoms with van der Waals surface area (Å²) in [4.78, 5) is 11.6. The number of hydrogen-bond donors (Lipinski definition) is 2. The first-order valence-electron chi connectivity index (χ1n) is 5.64. The number of nitrogens with one attached hydrogen (secondary N) is 1. The maximum Gasteiger partial charge on any atom is 0.244 e. The van der Waals surface area contributed by atoms with E-state index in [2.05, 4.69) is 21.2 Å². The zero-order chi connectivity index (χ0) is 13.8. The van der Waals surface area contributed by atoms with E-state index in [1.807, 2.05) is 36.4 Å². The fourth-order valence-electron chi connectivity index (χ4n) is 1.72. The van der Waals surface area contributed by atoms with Crippen molar-refractivity contribution in [2.45, 2.75) is 6.04 Å². The van der Waals surface area contributed by atoms with Gasteiger partial charge in [-0.2, -0.15) is 0 Å². The highest BCUT2D eigenvalue weighted by Gasteiger charge is 2.19. The normalized spacial score (nSPS) is 11.9. The number of halogens is 2. The Bertz CT molecular complexity index is 586. The summed E-state index contributed by atoms with van der Waals surface area (Å²) in [6, 6.07) is 14.0. The molecule has 0 aliphatic rings. The fourth-order valence-corrected chi connectivity index (χ4v) is 2.23. The molecule has 1 amide bonds. The van der Waals surface area contributed by atoms with Crippen molar-refractivity contribution in [2.24, 2.45) is 5.73 Å².